The summed E-state index contributed by atoms with van der Waals surface area (Å²) < 4.78 is 37.4. The quantitative estimate of drug-likeness (QED) is 0.661. The molecule has 9 heteroatoms. The molecule has 0 bridgehead atoms. The van der Waals surface area contributed by atoms with E-state index in [0.717, 1.165) is 19.3 Å². The van der Waals surface area contributed by atoms with Crippen LogP contribution in [0.2, 0.25) is 0 Å². The van der Waals surface area contributed by atoms with Crippen molar-refractivity contribution in [3.63, 3.8) is 0 Å². The standard InChI is InChI=1S/C20H25N3O5S/c1-27-12-13-28-19-9-8-17(15-21-19)22-20(24)16-6-5-7-18(14-16)29(25,26)23-10-3-2-4-11-23/h5-9,14-15H,2-4,10-13H2,1H3,(H,22,24). The van der Waals surface area contributed by atoms with Gasteiger partial charge in [-0.1, -0.05) is 12.5 Å². The second-order valence-electron chi connectivity index (χ2n) is 6.67. The minimum atomic E-state index is -3.59. The number of amides is 1. The zero-order valence-electron chi connectivity index (χ0n) is 16.3. The Morgan fingerprint density at radius 1 is 1.14 bits per heavy atom. The Bertz CT molecular complexity index is 925. The zero-order valence-corrected chi connectivity index (χ0v) is 17.2. The lowest BCUT2D eigenvalue weighted by molar-refractivity contribution is 0.102. The average molecular weight is 420 g/mol. The van der Waals surface area contributed by atoms with Gasteiger partial charge in [-0.15, -0.1) is 0 Å². The maximum absolute atomic E-state index is 12.8. The van der Waals surface area contributed by atoms with Crippen LogP contribution in [0.5, 0.6) is 5.88 Å². The Morgan fingerprint density at radius 2 is 1.93 bits per heavy atom. The van der Waals surface area contributed by atoms with Crippen LogP contribution < -0.4 is 10.1 Å². The van der Waals surface area contributed by atoms with E-state index < -0.39 is 15.9 Å². The smallest absolute Gasteiger partial charge is 0.255 e. The van der Waals surface area contributed by atoms with Crippen molar-refractivity contribution < 1.29 is 22.7 Å². The molecule has 3 rings (SSSR count). The molecule has 0 unspecified atom stereocenters. The highest BCUT2D eigenvalue weighted by atomic mass is 32.2. The second kappa shape index (κ2) is 9.82. The molecule has 1 N–H and O–H groups in total. The molecular formula is C20H25N3O5S. The normalized spacial score (nSPS) is 15.1. The number of benzene rings is 1. The molecular weight excluding hydrogens is 394 g/mol. The van der Waals surface area contributed by atoms with Gasteiger partial charge in [-0.05, 0) is 37.1 Å². The third-order valence-electron chi connectivity index (χ3n) is 4.58. The van der Waals surface area contributed by atoms with Gasteiger partial charge in [-0.3, -0.25) is 4.79 Å². The van der Waals surface area contributed by atoms with E-state index in [1.165, 1.54) is 22.6 Å². The van der Waals surface area contributed by atoms with Gasteiger partial charge >= 0.3 is 0 Å². The summed E-state index contributed by atoms with van der Waals surface area (Å²) in [5, 5.41) is 2.72. The maximum atomic E-state index is 12.8. The summed E-state index contributed by atoms with van der Waals surface area (Å²) in [6.45, 7) is 1.87. The van der Waals surface area contributed by atoms with Crippen molar-refractivity contribution in [2.75, 3.05) is 38.7 Å². The van der Waals surface area contributed by atoms with Gasteiger partial charge in [-0.25, -0.2) is 13.4 Å². The average Bonchev–Trinajstić information content (AvgIpc) is 2.76. The summed E-state index contributed by atoms with van der Waals surface area (Å²) in [5.74, 6) is 0.0187. The zero-order chi connectivity index (χ0) is 20.7. The van der Waals surface area contributed by atoms with Gasteiger partial charge in [0.05, 0.1) is 23.4 Å². The topological polar surface area (TPSA) is 97.8 Å². The third-order valence-corrected chi connectivity index (χ3v) is 6.48. The van der Waals surface area contributed by atoms with Gasteiger partial charge in [0.1, 0.15) is 6.61 Å². The lowest BCUT2D eigenvalue weighted by Gasteiger charge is -2.26. The van der Waals surface area contributed by atoms with Crippen LogP contribution in [-0.2, 0) is 14.8 Å². The lowest BCUT2D eigenvalue weighted by atomic mass is 10.2. The summed E-state index contributed by atoms with van der Waals surface area (Å²) >= 11 is 0. The maximum Gasteiger partial charge on any atom is 0.255 e. The molecule has 1 aliphatic heterocycles. The number of piperidine rings is 1. The molecule has 0 atom stereocenters. The molecule has 0 aliphatic carbocycles. The molecule has 2 aromatic rings. The van der Waals surface area contributed by atoms with Crippen molar-refractivity contribution in [1.82, 2.24) is 9.29 Å². The van der Waals surface area contributed by atoms with Crippen molar-refractivity contribution in [1.29, 1.82) is 0 Å². The minimum Gasteiger partial charge on any atom is -0.475 e. The van der Waals surface area contributed by atoms with Crippen LogP contribution in [0, 0.1) is 0 Å². The van der Waals surface area contributed by atoms with Gasteiger partial charge in [0.25, 0.3) is 5.91 Å². The fourth-order valence-electron chi connectivity index (χ4n) is 3.02. The minimum absolute atomic E-state index is 0.132. The number of ether oxygens (including phenoxy) is 2. The molecule has 1 aromatic heterocycles. The number of nitrogens with one attached hydrogen (secondary N) is 1. The number of rotatable bonds is 8. The molecule has 8 nitrogen and oxygen atoms in total. The van der Waals surface area contributed by atoms with E-state index in [1.807, 2.05) is 0 Å². The molecule has 0 radical (unpaired) electrons. The molecule has 0 saturated carbocycles. The van der Waals surface area contributed by atoms with E-state index in [0.29, 0.717) is 37.9 Å². The molecule has 1 fully saturated rings. The summed E-state index contributed by atoms with van der Waals surface area (Å²) in [4.78, 5) is 16.8. The SMILES string of the molecule is COCCOc1ccc(NC(=O)c2cccc(S(=O)(=O)N3CCCCC3)c2)cn1. The first-order chi connectivity index (χ1) is 14.0. The van der Waals surface area contributed by atoms with Crippen LogP contribution in [0.1, 0.15) is 29.6 Å². The van der Waals surface area contributed by atoms with Crippen LogP contribution in [0.4, 0.5) is 5.69 Å². The number of hydrogen-bond donors (Lipinski definition) is 1. The van der Waals surface area contributed by atoms with E-state index >= 15 is 0 Å². The number of sulfonamides is 1. The predicted molar refractivity (Wildman–Crippen MR) is 109 cm³/mol. The number of pyridine rings is 1. The molecule has 1 aliphatic rings. The van der Waals surface area contributed by atoms with Gasteiger partial charge in [0.15, 0.2) is 0 Å². The molecule has 2 heterocycles. The number of nitrogens with zero attached hydrogens (tertiary/aromatic N) is 2. The number of carbonyl (C=O) groups excluding carboxylic acids is 1. The van der Waals surface area contributed by atoms with E-state index in [1.54, 1.807) is 31.4 Å². The van der Waals surface area contributed by atoms with Crippen molar-refractivity contribution in [3.05, 3.63) is 48.2 Å². The Hall–Kier alpha value is -2.49. The Morgan fingerprint density at radius 3 is 2.62 bits per heavy atom. The van der Waals surface area contributed by atoms with Crippen molar-refractivity contribution >= 4 is 21.6 Å². The number of carbonyl (C=O) groups is 1. The van der Waals surface area contributed by atoms with Crippen LogP contribution in [0.3, 0.4) is 0 Å². The fraction of sp³-hybridized carbons (Fsp3) is 0.400. The molecule has 29 heavy (non-hydrogen) atoms. The molecule has 1 saturated heterocycles. The summed E-state index contributed by atoms with van der Waals surface area (Å²) in [7, 11) is -2.01. The van der Waals surface area contributed by atoms with Crippen LogP contribution in [-0.4, -0.2) is 57.0 Å². The highest BCUT2D eigenvalue weighted by Crippen LogP contribution is 2.22. The second-order valence-corrected chi connectivity index (χ2v) is 8.61. The highest BCUT2D eigenvalue weighted by Gasteiger charge is 2.26. The van der Waals surface area contributed by atoms with Gasteiger partial charge in [0.2, 0.25) is 15.9 Å². The van der Waals surface area contributed by atoms with Crippen molar-refractivity contribution in [2.24, 2.45) is 0 Å². The lowest BCUT2D eigenvalue weighted by Crippen LogP contribution is -2.35. The van der Waals surface area contributed by atoms with Crippen molar-refractivity contribution in [2.45, 2.75) is 24.2 Å². The van der Waals surface area contributed by atoms with E-state index in [-0.39, 0.29) is 10.5 Å². The van der Waals surface area contributed by atoms with Crippen LogP contribution in [0.25, 0.3) is 0 Å². The molecule has 1 aromatic carbocycles. The number of anilines is 1. The monoisotopic (exact) mass is 419 g/mol. The first-order valence-corrected chi connectivity index (χ1v) is 10.9. The predicted octanol–water partition coefficient (Wildman–Crippen LogP) is 2.53. The van der Waals surface area contributed by atoms with Crippen molar-refractivity contribution in [3.8, 4) is 5.88 Å². The largest absolute Gasteiger partial charge is 0.475 e. The van der Waals surface area contributed by atoms with Crippen LogP contribution >= 0.6 is 0 Å². The molecule has 0 spiro atoms. The van der Waals surface area contributed by atoms with Gasteiger partial charge in [-0.2, -0.15) is 4.31 Å². The summed E-state index contributed by atoms with van der Waals surface area (Å²) in [6, 6.07) is 9.41. The third kappa shape index (κ3) is 5.53. The van der Waals surface area contributed by atoms with Crippen LogP contribution in [0.15, 0.2) is 47.5 Å². The Kier molecular flexibility index (Phi) is 7.18. The number of aromatic nitrogens is 1. The number of hydrogen-bond acceptors (Lipinski definition) is 6. The van der Waals surface area contributed by atoms with E-state index in [9.17, 15) is 13.2 Å². The summed E-state index contributed by atoms with van der Waals surface area (Å²) in [6.07, 6.45) is 4.24. The first kappa shape index (κ1) is 21.2. The fourth-order valence-corrected chi connectivity index (χ4v) is 4.59. The molecule has 156 valence electrons. The Labute approximate surface area is 170 Å². The van der Waals surface area contributed by atoms with Gasteiger partial charge in [0, 0.05) is 31.8 Å². The van der Waals surface area contributed by atoms with Gasteiger partial charge < -0.3 is 14.8 Å². The molecule has 1 amide bonds. The summed E-state index contributed by atoms with van der Waals surface area (Å²) in [5.41, 5.74) is 0.752. The number of methoxy groups -OCH3 is 1. The van der Waals surface area contributed by atoms with E-state index in [2.05, 4.69) is 10.3 Å². The highest BCUT2D eigenvalue weighted by molar-refractivity contribution is 7.89. The first-order valence-electron chi connectivity index (χ1n) is 9.50. The van der Waals surface area contributed by atoms with E-state index in [4.69, 9.17) is 9.47 Å². The Balaban J connectivity index is 1.68.